The predicted molar refractivity (Wildman–Crippen MR) is 99.9 cm³/mol. The van der Waals surface area contributed by atoms with Crippen LogP contribution in [0.15, 0.2) is 30.3 Å². The van der Waals surface area contributed by atoms with Crippen molar-refractivity contribution in [2.75, 3.05) is 13.2 Å². The fourth-order valence-corrected chi connectivity index (χ4v) is 3.50. The Labute approximate surface area is 169 Å². The number of fused-ring (bicyclic) bond motifs is 1. The summed E-state index contributed by atoms with van der Waals surface area (Å²) in [6, 6.07) is 8.63. The molecule has 9 nitrogen and oxygen atoms in total. The molecule has 1 amide bonds. The van der Waals surface area contributed by atoms with Crippen molar-refractivity contribution in [2.24, 2.45) is 0 Å². The van der Waals surface area contributed by atoms with Crippen molar-refractivity contribution in [2.45, 2.75) is 63.8 Å². The third-order valence-electron chi connectivity index (χ3n) is 4.82. The number of hydrogen-bond acceptors (Lipinski definition) is 7. The van der Waals surface area contributed by atoms with Gasteiger partial charge in [0.25, 0.3) is 0 Å². The number of hydrogen-bond donors (Lipinski definition) is 2. The lowest BCUT2D eigenvalue weighted by Gasteiger charge is -2.49. The molecule has 1 aromatic carbocycles. The van der Waals surface area contributed by atoms with Gasteiger partial charge in [0.05, 0.1) is 6.61 Å². The van der Waals surface area contributed by atoms with Crippen LogP contribution < -0.4 is 5.32 Å². The summed E-state index contributed by atoms with van der Waals surface area (Å²) in [6.45, 7) is 5.15. The molecule has 2 heterocycles. The van der Waals surface area contributed by atoms with Gasteiger partial charge in [-0.2, -0.15) is 0 Å². The smallest absolute Gasteiger partial charge is 0.332 e. The van der Waals surface area contributed by atoms with Crippen LogP contribution >= 0.6 is 0 Å². The number of nitrogens with one attached hydrogen (secondary N) is 1. The summed E-state index contributed by atoms with van der Waals surface area (Å²) < 4.78 is 29.4. The van der Waals surface area contributed by atoms with Crippen molar-refractivity contribution in [1.29, 1.82) is 0 Å². The molecule has 7 atom stereocenters. The Hall–Kier alpha value is -2.04. The number of amides is 1. The molecule has 1 aromatic rings. The summed E-state index contributed by atoms with van der Waals surface area (Å²) >= 11 is 0. The maximum absolute atomic E-state index is 11.8. The molecular weight excluding hydrogens is 382 g/mol. The molecule has 2 aliphatic heterocycles. The van der Waals surface area contributed by atoms with E-state index in [1.807, 2.05) is 30.3 Å². The van der Waals surface area contributed by atoms with E-state index >= 15 is 0 Å². The van der Waals surface area contributed by atoms with E-state index in [0.717, 1.165) is 5.56 Å². The Morgan fingerprint density at radius 3 is 2.62 bits per heavy atom. The Kier molecular flexibility index (Phi) is 7.20. The van der Waals surface area contributed by atoms with E-state index in [-0.39, 0.29) is 12.5 Å². The maximum Gasteiger partial charge on any atom is 0.332 e. The highest BCUT2D eigenvalue weighted by Gasteiger charge is 2.52. The molecule has 3 rings (SSSR count). The lowest BCUT2D eigenvalue weighted by Crippen LogP contribution is -2.68. The first-order chi connectivity index (χ1) is 13.9. The fourth-order valence-electron chi connectivity index (χ4n) is 3.50. The highest BCUT2D eigenvalue weighted by Crippen LogP contribution is 2.36. The van der Waals surface area contributed by atoms with E-state index in [0.29, 0.717) is 6.61 Å². The number of carbonyl (C=O) groups is 2. The number of rotatable bonds is 7. The molecule has 0 aromatic heterocycles. The molecule has 2 N–H and O–H groups in total. The molecule has 0 spiro atoms. The van der Waals surface area contributed by atoms with Gasteiger partial charge in [-0.05, 0) is 13.8 Å². The number of aliphatic carboxylic acids is 1. The summed E-state index contributed by atoms with van der Waals surface area (Å²) in [5.41, 5.74) is 0.819. The van der Waals surface area contributed by atoms with Crippen LogP contribution in [-0.2, 0) is 33.3 Å². The number of ether oxygens (including phenoxy) is 5. The molecule has 9 heteroatoms. The van der Waals surface area contributed by atoms with Gasteiger partial charge in [0.2, 0.25) is 5.91 Å². The van der Waals surface area contributed by atoms with Crippen LogP contribution in [0.3, 0.4) is 0 Å². The third kappa shape index (κ3) is 5.12. The van der Waals surface area contributed by atoms with E-state index in [1.54, 1.807) is 6.92 Å². The molecule has 2 aliphatic rings. The Morgan fingerprint density at radius 1 is 1.28 bits per heavy atom. The van der Waals surface area contributed by atoms with E-state index in [9.17, 15) is 14.7 Å². The first-order valence-corrected chi connectivity index (χ1v) is 9.65. The first-order valence-electron chi connectivity index (χ1n) is 9.65. The van der Waals surface area contributed by atoms with E-state index < -0.39 is 49.0 Å². The number of benzene rings is 1. The zero-order valence-corrected chi connectivity index (χ0v) is 16.6. The number of carboxylic acid groups (broad SMARTS) is 1. The molecule has 29 heavy (non-hydrogen) atoms. The molecule has 2 saturated heterocycles. The molecule has 160 valence electrons. The van der Waals surface area contributed by atoms with Gasteiger partial charge in [-0.15, -0.1) is 0 Å². The topological polar surface area (TPSA) is 113 Å². The van der Waals surface area contributed by atoms with Crippen LogP contribution in [0, 0.1) is 0 Å². The van der Waals surface area contributed by atoms with Crippen molar-refractivity contribution in [3.63, 3.8) is 0 Å². The molecular formula is C20H27NO8. The van der Waals surface area contributed by atoms with Crippen molar-refractivity contribution >= 4 is 11.9 Å². The third-order valence-corrected chi connectivity index (χ3v) is 4.82. The SMILES string of the molecule is CCO[C@H]1O[C@@H]2COC(c3ccccc3)O[C@H]2[C@H](OC(C)C(=O)O)[C@@H]1NC(C)=O. The van der Waals surface area contributed by atoms with Crippen molar-refractivity contribution in [3.05, 3.63) is 35.9 Å². The van der Waals surface area contributed by atoms with Crippen LogP contribution in [0.25, 0.3) is 0 Å². The van der Waals surface area contributed by atoms with Gasteiger partial charge in [0, 0.05) is 19.1 Å². The summed E-state index contributed by atoms with van der Waals surface area (Å²) in [5.74, 6) is -1.43. The summed E-state index contributed by atoms with van der Waals surface area (Å²) in [5, 5.41) is 12.1. The standard InChI is InChI=1S/C20H27NO8/c1-4-25-20-15(21-12(3)22)17(27-11(2)18(23)24)16-14(28-20)10-26-19(29-16)13-8-6-5-7-9-13/h5-9,11,14-17,19-20H,4,10H2,1-3H3,(H,21,22)(H,23,24)/t11?,14-,15+,16-,17-,19?,20+/m1/s1. The highest BCUT2D eigenvalue weighted by atomic mass is 16.8. The van der Waals surface area contributed by atoms with Gasteiger partial charge in [-0.1, -0.05) is 30.3 Å². The quantitative estimate of drug-likeness (QED) is 0.691. The van der Waals surface area contributed by atoms with Crippen molar-refractivity contribution in [1.82, 2.24) is 5.32 Å². The van der Waals surface area contributed by atoms with Gasteiger partial charge < -0.3 is 34.1 Å². The Morgan fingerprint density at radius 2 is 2.00 bits per heavy atom. The summed E-state index contributed by atoms with van der Waals surface area (Å²) in [4.78, 5) is 23.2. The zero-order valence-electron chi connectivity index (χ0n) is 16.6. The molecule has 0 radical (unpaired) electrons. The van der Waals surface area contributed by atoms with Crippen molar-refractivity contribution in [3.8, 4) is 0 Å². The minimum Gasteiger partial charge on any atom is -0.479 e. The van der Waals surface area contributed by atoms with Gasteiger partial charge in [-0.25, -0.2) is 4.79 Å². The van der Waals surface area contributed by atoms with E-state index in [4.69, 9.17) is 23.7 Å². The lowest BCUT2D eigenvalue weighted by atomic mass is 9.95. The number of carboxylic acids is 1. The minimum absolute atomic E-state index is 0.210. The second-order valence-corrected chi connectivity index (χ2v) is 6.98. The van der Waals surface area contributed by atoms with Crippen LogP contribution in [0.2, 0.25) is 0 Å². The van der Waals surface area contributed by atoms with Gasteiger partial charge in [-0.3, -0.25) is 4.79 Å². The zero-order chi connectivity index (χ0) is 21.0. The van der Waals surface area contributed by atoms with Crippen LogP contribution in [0.4, 0.5) is 0 Å². The summed E-state index contributed by atoms with van der Waals surface area (Å²) in [7, 11) is 0. The monoisotopic (exact) mass is 409 g/mol. The average Bonchev–Trinajstić information content (AvgIpc) is 2.70. The van der Waals surface area contributed by atoms with Crippen LogP contribution in [0.1, 0.15) is 32.6 Å². The van der Waals surface area contributed by atoms with E-state index in [1.165, 1.54) is 13.8 Å². The second kappa shape index (κ2) is 9.64. The first kappa shape index (κ1) is 21.7. The molecule has 2 unspecified atom stereocenters. The second-order valence-electron chi connectivity index (χ2n) is 6.98. The minimum atomic E-state index is -1.12. The van der Waals surface area contributed by atoms with Crippen LogP contribution in [-0.4, -0.2) is 66.9 Å². The predicted octanol–water partition coefficient (Wildman–Crippen LogP) is 1.22. The molecule has 0 saturated carbocycles. The number of carbonyl (C=O) groups excluding carboxylic acids is 1. The fraction of sp³-hybridized carbons (Fsp3) is 0.600. The van der Waals surface area contributed by atoms with Gasteiger partial charge in [0.1, 0.15) is 24.4 Å². The highest BCUT2D eigenvalue weighted by molar-refractivity contribution is 5.73. The largest absolute Gasteiger partial charge is 0.479 e. The van der Waals surface area contributed by atoms with Crippen molar-refractivity contribution < 1.29 is 38.4 Å². The molecule has 2 fully saturated rings. The van der Waals surface area contributed by atoms with Gasteiger partial charge >= 0.3 is 5.97 Å². The van der Waals surface area contributed by atoms with E-state index in [2.05, 4.69) is 5.32 Å². The Bertz CT molecular complexity index is 699. The molecule has 0 bridgehead atoms. The van der Waals surface area contributed by atoms with Crippen LogP contribution in [0.5, 0.6) is 0 Å². The lowest BCUT2D eigenvalue weighted by molar-refractivity contribution is -0.350. The Balaban J connectivity index is 1.89. The normalized spacial score (nSPS) is 32.8. The summed E-state index contributed by atoms with van der Waals surface area (Å²) in [6.07, 6.45) is -4.60. The van der Waals surface area contributed by atoms with Gasteiger partial charge in [0.15, 0.2) is 18.7 Å². The molecule has 0 aliphatic carbocycles. The average molecular weight is 409 g/mol. The maximum atomic E-state index is 11.8.